The summed E-state index contributed by atoms with van der Waals surface area (Å²) in [5, 5.41) is 19.1. The van der Waals surface area contributed by atoms with Crippen LogP contribution in [0.4, 0.5) is 5.82 Å². The number of β-amino-alcohol motifs (C(OH)–C–C–N with tert-alkyl or cyclic N) is 1. The van der Waals surface area contributed by atoms with Gasteiger partial charge in [-0.25, -0.2) is 4.98 Å². The van der Waals surface area contributed by atoms with Crippen LogP contribution in [0.2, 0.25) is 0 Å². The Bertz CT molecular complexity index is 489. The second-order valence-electron chi connectivity index (χ2n) is 5.92. The summed E-state index contributed by atoms with van der Waals surface area (Å²) in [5.41, 5.74) is -0.0405. The molecule has 5 nitrogen and oxygen atoms in total. The lowest BCUT2D eigenvalue weighted by molar-refractivity contribution is 0.0385. The van der Waals surface area contributed by atoms with E-state index in [0.717, 1.165) is 38.4 Å². The van der Waals surface area contributed by atoms with E-state index in [4.69, 9.17) is 5.26 Å². The van der Waals surface area contributed by atoms with Crippen molar-refractivity contribution in [3.63, 3.8) is 0 Å². The minimum Gasteiger partial charge on any atom is -0.389 e. The molecule has 108 valence electrons. The summed E-state index contributed by atoms with van der Waals surface area (Å²) in [6.45, 7) is 7.93. The largest absolute Gasteiger partial charge is 0.389 e. The highest BCUT2D eigenvalue weighted by atomic mass is 16.3. The van der Waals surface area contributed by atoms with Crippen LogP contribution in [-0.2, 0) is 0 Å². The molecule has 20 heavy (non-hydrogen) atoms. The standard InChI is InChI=1S/C15H22N4O/c1-15(2,20)12-18-7-4-8-19(10-9-18)14-13(11-16)5-3-6-17-14/h3,5-6,20H,4,7-10,12H2,1-2H3. The first kappa shape index (κ1) is 14.8. The molecule has 1 saturated heterocycles. The number of hydrogen-bond donors (Lipinski definition) is 1. The van der Waals surface area contributed by atoms with Crippen LogP contribution in [0.25, 0.3) is 0 Å². The van der Waals surface area contributed by atoms with Crippen molar-refractivity contribution in [3.8, 4) is 6.07 Å². The SMILES string of the molecule is CC(C)(O)CN1CCCN(c2ncccc2C#N)CC1. The highest BCUT2D eigenvalue weighted by molar-refractivity contribution is 5.53. The van der Waals surface area contributed by atoms with Gasteiger partial charge in [0.25, 0.3) is 0 Å². The maximum absolute atomic E-state index is 9.92. The third kappa shape index (κ3) is 3.92. The van der Waals surface area contributed by atoms with Gasteiger partial charge in [0.2, 0.25) is 0 Å². The molecule has 1 aromatic rings. The molecule has 0 amide bonds. The summed E-state index contributed by atoms with van der Waals surface area (Å²) in [7, 11) is 0. The lowest BCUT2D eigenvalue weighted by atomic mass is 10.1. The first-order chi connectivity index (χ1) is 9.49. The molecule has 0 aliphatic carbocycles. The number of hydrogen-bond acceptors (Lipinski definition) is 5. The van der Waals surface area contributed by atoms with E-state index in [2.05, 4.69) is 20.9 Å². The second kappa shape index (κ2) is 6.21. The summed E-state index contributed by atoms with van der Waals surface area (Å²) in [6.07, 6.45) is 2.74. The Morgan fingerprint density at radius 2 is 2.15 bits per heavy atom. The summed E-state index contributed by atoms with van der Waals surface area (Å²) in [4.78, 5) is 8.79. The normalized spacial score (nSPS) is 17.6. The fourth-order valence-corrected chi connectivity index (χ4v) is 2.62. The number of aliphatic hydroxyl groups is 1. The third-order valence-corrected chi connectivity index (χ3v) is 3.41. The Kier molecular flexibility index (Phi) is 4.58. The zero-order chi connectivity index (χ0) is 14.6. The van der Waals surface area contributed by atoms with Crippen molar-refractivity contribution >= 4 is 5.82 Å². The van der Waals surface area contributed by atoms with Gasteiger partial charge in [0.15, 0.2) is 0 Å². The van der Waals surface area contributed by atoms with Crippen molar-refractivity contribution in [2.75, 3.05) is 37.6 Å². The topological polar surface area (TPSA) is 63.4 Å². The molecule has 1 fully saturated rings. The van der Waals surface area contributed by atoms with E-state index < -0.39 is 5.60 Å². The van der Waals surface area contributed by atoms with Crippen molar-refractivity contribution in [2.24, 2.45) is 0 Å². The number of nitriles is 1. The summed E-state index contributed by atoms with van der Waals surface area (Å²) in [6, 6.07) is 5.80. The molecule has 1 aromatic heterocycles. The van der Waals surface area contributed by atoms with Crippen LogP contribution in [0.15, 0.2) is 18.3 Å². The Morgan fingerprint density at radius 3 is 2.85 bits per heavy atom. The van der Waals surface area contributed by atoms with E-state index in [9.17, 15) is 5.11 Å². The molecule has 2 rings (SSSR count). The Morgan fingerprint density at radius 1 is 1.35 bits per heavy atom. The molecule has 0 saturated carbocycles. The van der Waals surface area contributed by atoms with E-state index in [0.29, 0.717) is 12.1 Å². The molecular formula is C15H22N4O. The monoisotopic (exact) mass is 274 g/mol. The fraction of sp³-hybridized carbons (Fsp3) is 0.600. The second-order valence-corrected chi connectivity index (χ2v) is 5.92. The van der Waals surface area contributed by atoms with Crippen LogP contribution < -0.4 is 4.90 Å². The Hall–Kier alpha value is -1.64. The number of rotatable bonds is 3. The minimum absolute atomic E-state index is 0.628. The quantitative estimate of drug-likeness (QED) is 0.898. The molecule has 1 aliphatic heterocycles. The van der Waals surface area contributed by atoms with Crippen LogP contribution in [0.1, 0.15) is 25.8 Å². The van der Waals surface area contributed by atoms with Crippen LogP contribution in [-0.4, -0.2) is 53.3 Å². The molecule has 0 aromatic carbocycles. The third-order valence-electron chi connectivity index (χ3n) is 3.41. The number of aromatic nitrogens is 1. The van der Waals surface area contributed by atoms with Crippen LogP contribution in [0.3, 0.4) is 0 Å². The maximum Gasteiger partial charge on any atom is 0.146 e. The van der Waals surface area contributed by atoms with E-state index >= 15 is 0 Å². The van der Waals surface area contributed by atoms with E-state index in [1.165, 1.54) is 0 Å². The Labute approximate surface area is 120 Å². The number of anilines is 1. The van der Waals surface area contributed by atoms with Crippen molar-refractivity contribution in [2.45, 2.75) is 25.9 Å². The number of nitrogens with zero attached hydrogens (tertiary/aromatic N) is 4. The first-order valence-corrected chi connectivity index (χ1v) is 7.04. The van der Waals surface area contributed by atoms with Gasteiger partial charge >= 0.3 is 0 Å². The van der Waals surface area contributed by atoms with Gasteiger partial charge in [-0.3, -0.25) is 4.90 Å². The zero-order valence-corrected chi connectivity index (χ0v) is 12.2. The highest BCUT2D eigenvalue weighted by Crippen LogP contribution is 2.18. The van der Waals surface area contributed by atoms with Gasteiger partial charge in [0.05, 0.1) is 11.2 Å². The molecule has 0 atom stereocenters. The molecule has 2 heterocycles. The summed E-state index contributed by atoms with van der Waals surface area (Å²) in [5.74, 6) is 0.778. The molecule has 0 bridgehead atoms. The molecule has 0 spiro atoms. The van der Waals surface area contributed by atoms with E-state index in [1.807, 2.05) is 19.9 Å². The average Bonchev–Trinajstić information content (AvgIpc) is 2.62. The first-order valence-electron chi connectivity index (χ1n) is 7.04. The lowest BCUT2D eigenvalue weighted by Crippen LogP contribution is -2.40. The van der Waals surface area contributed by atoms with Crippen LogP contribution >= 0.6 is 0 Å². The molecule has 1 aliphatic rings. The van der Waals surface area contributed by atoms with Gasteiger partial charge in [-0.2, -0.15) is 5.26 Å². The molecule has 0 unspecified atom stereocenters. The lowest BCUT2D eigenvalue weighted by Gasteiger charge is -2.28. The summed E-state index contributed by atoms with van der Waals surface area (Å²) >= 11 is 0. The predicted molar refractivity (Wildman–Crippen MR) is 78.5 cm³/mol. The minimum atomic E-state index is -0.669. The molecular weight excluding hydrogens is 252 g/mol. The van der Waals surface area contributed by atoms with Gasteiger partial charge in [0, 0.05) is 38.9 Å². The summed E-state index contributed by atoms with van der Waals surface area (Å²) < 4.78 is 0. The smallest absolute Gasteiger partial charge is 0.146 e. The molecule has 5 heteroatoms. The molecule has 1 N–H and O–H groups in total. The van der Waals surface area contributed by atoms with Crippen LogP contribution in [0.5, 0.6) is 0 Å². The van der Waals surface area contributed by atoms with E-state index in [-0.39, 0.29) is 0 Å². The van der Waals surface area contributed by atoms with Gasteiger partial charge in [0.1, 0.15) is 11.9 Å². The average molecular weight is 274 g/mol. The fourth-order valence-electron chi connectivity index (χ4n) is 2.62. The van der Waals surface area contributed by atoms with Crippen molar-refractivity contribution < 1.29 is 5.11 Å². The van der Waals surface area contributed by atoms with Crippen molar-refractivity contribution in [1.82, 2.24) is 9.88 Å². The van der Waals surface area contributed by atoms with Gasteiger partial charge in [-0.1, -0.05) is 0 Å². The van der Waals surface area contributed by atoms with Crippen LogP contribution in [0, 0.1) is 11.3 Å². The zero-order valence-electron chi connectivity index (χ0n) is 12.2. The Balaban J connectivity index is 2.05. The predicted octanol–water partition coefficient (Wildman–Crippen LogP) is 1.24. The van der Waals surface area contributed by atoms with Crippen molar-refractivity contribution in [1.29, 1.82) is 5.26 Å². The van der Waals surface area contributed by atoms with Gasteiger partial charge < -0.3 is 10.0 Å². The number of pyridine rings is 1. The van der Waals surface area contributed by atoms with Crippen molar-refractivity contribution in [3.05, 3.63) is 23.9 Å². The maximum atomic E-state index is 9.92. The van der Waals surface area contributed by atoms with Gasteiger partial charge in [-0.05, 0) is 32.4 Å². The van der Waals surface area contributed by atoms with Gasteiger partial charge in [-0.15, -0.1) is 0 Å². The highest BCUT2D eigenvalue weighted by Gasteiger charge is 2.22. The molecule has 0 radical (unpaired) electrons. The van der Waals surface area contributed by atoms with E-state index in [1.54, 1.807) is 12.3 Å².